The van der Waals surface area contributed by atoms with Gasteiger partial charge in [-0.15, -0.1) is 0 Å². The highest BCUT2D eigenvalue weighted by molar-refractivity contribution is 7.90. The van der Waals surface area contributed by atoms with E-state index in [0.717, 1.165) is 5.56 Å². The molecule has 18 heavy (non-hydrogen) atoms. The Bertz CT molecular complexity index is 514. The first kappa shape index (κ1) is 15.1. The molecule has 0 radical (unpaired) electrons. The predicted molar refractivity (Wildman–Crippen MR) is 71.9 cm³/mol. The van der Waals surface area contributed by atoms with Crippen LogP contribution in [-0.4, -0.2) is 26.5 Å². The first-order valence-electron chi connectivity index (χ1n) is 5.89. The van der Waals surface area contributed by atoms with Crippen molar-refractivity contribution in [2.24, 2.45) is 0 Å². The Kier molecular flexibility index (Phi) is 4.87. The number of nitrogens with one attached hydrogen (secondary N) is 1. The molecule has 2 unspecified atom stereocenters. The highest BCUT2D eigenvalue weighted by atomic mass is 32.2. The third kappa shape index (κ3) is 4.74. The van der Waals surface area contributed by atoms with E-state index in [0.29, 0.717) is 5.56 Å². The van der Waals surface area contributed by atoms with Crippen molar-refractivity contribution in [3.05, 3.63) is 35.1 Å². The van der Waals surface area contributed by atoms with Crippen LogP contribution in [0.1, 0.15) is 31.0 Å². The van der Waals surface area contributed by atoms with Gasteiger partial charge < -0.3 is 5.32 Å². The molecule has 0 amide bonds. The van der Waals surface area contributed by atoms with Gasteiger partial charge in [0.15, 0.2) is 0 Å². The second-order valence-electron chi connectivity index (χ2n) is 4.89. The number of aryl methyl sites for hydroxylation is 1. The maximum absolute atomic E-state index is 13.4. The van der Waals surface area contributed by atoms with Crippen molar-refractivity contribution in [2.45, 2.75) is 32.9 Å². The van der Waals surface area contributed by atoms with Crippen LogP contribution in [0.4, 0.5) is 4.39 Å². The first-order chi connectivity index (χ1) is 8.19. The second kappa shape index (κ2) is 5.80. The van der Waals surface area contributed by atoms with E-state index in [4.69, 9.17) is 0 Å². The third-order valence-electron chi connectivity index (χ3n) is 2.78. The first-order valence-corrected chi connectivity index (χ1v) is 7.95. The highest BCUT2D eigenvalue weighted by Gasteiger charge is 2.14. The molecule has 1 N–H and O–H groups in total. The summed E-state index contributed by atoms with van der Waals surface area (Å²) in [4.78, 5) is 0. The van der Waals surface area contributed by atoms with Gasteiger partial charge in [0.2, 0.25) is 0 Å². The number of benzene rings is 1. The zero-order chi connectivity index (χ0) is 13.9. The Morgan fingerprint density at radius 3 is 2.44 bits per heavy atom. The molecular formula is C13H20FNO2S. The van der Waals surface area contributed by atoms with Crippen molar-refractivity contribution in [3.63, 3.8) is 0 Å². The van der Waals surface area contributed by atoms with E-state index in [1.54, 1.807) is 13.0 Å². The molecule has 1 aromatic carbocycles. The minimum Gasteiger partial charge on any atom is -0.307 e. The molecule has 1 aromatic rings. The summed E-state index contributed by atoms with van der Waals surface area (Å²) in [7, 11) is -3.00. The summed E-state index contributed by atoms with van der Waals surface area (Å²) in [6, 6.07) is 4.81. The Morgan fingerprint density at radius 1 is 1.33 bits per heavy atom. The minimum atomic E-state index is -3.00. The van der Waals surface area contributed by atoms with Gasteiger partial charge >= 0.3 is 0 Å². The van der Waals surface area contributed by atoms with Crippen LogP contribution < -0.4 is 5.32 Å². The van der Waals surface area contributed by atoms with Crippen LogP contribution in [-0.2, 0) is 9.84 Å². The van der Waals surface area contributed by atoms with Crippen molar-refractivity contribution < 1.29 is 12.8 Å². The molecule has 1 rings (SSSR count). The molecular weight excluding hydrogens is 253 g/mol. The van der Waals surface area contributed by atoms with E-state index < -0.39 is 9.84 Å². The van der Waals surface area contributed by atoms with E-state index in [1.165, 1.54) is 12.3 Å². The number of hydrogen-bond acceptors (Lipinski definition) is 3. The summed E-state index contributed by atoms with van der Waals surface area (Å²) < 4.78 is 35.7. The molecule has 0 saturated heterocycles. The number of sulfone groups is 1. The Balaban J connectivity index is 2.70. The summed E-state index contributed by atoms with van der Waals surface area (Å²) in [6.45, 7) is 5.41. The van der Waals surface area contributed by atoms with E-state index in [9.17, 15) is 12.8 Å². The van der Waals surface area contributed by atoms with Gasteiger partial charge in [-0.05, 0) is 38.0 Å². The van der Waals surface area contributed by atoms with E-state index in [1.807, 2.05) is 19.9 Å². The van der Waals surface area contributed by atoms with Gasteiger partial charge in [-0.25, -0.2) is 12.8 Å². The monoisotopic (exact) mass is 273 g/mol. The maximum atomic E-state index is 13.4. The molecule has 2 atom stereocenters. The van der Waals surface area contributed by atoms with Crippen molar-refractivity contribution in [1.82, 2.24) is 5.32 Å². The predicted octanol–water partition coefficient (Wildman–Crippen LogP) is 2.22. The van der Waals surface area contributed by atoms with Crippen LogP contribution in [0.25, 0.3) is 0 Å². The van der Waals surface area contributed by atoms with E-state index in [2.05, 4.69) is 5.32 Å². The molecule has 5 heteroatoms. The molecule has 0 aliphatic heterocycles. The summed E-state index contributed by atoms with van der Waals surface area (Å²) in [5.74, 6) is -0.164. The summed E-state index contributed by atoms with van der Waals surface area (Å²) >= 11 is 0. The van der Waals surface area contributed by atoms with Crippen molar-refractivity contribution in [2.75, 3.05) is 12.0 Å². The van der Waals surface area contributed by atoms with Gasteiger partial charge in [0.1, 0.15) is 15.7 Å². The van der Waals surface area contributed by atoms with Crippen LogP contribution in [0.3, 0.4) is 0 Å². The molecule has 0 heterocycles. The van der Waals surface area contributed by atoms with E-state index in [-0.39, 0.29) is 23.7 Å². The molecule has 0 aliphatic carbocycles. The Labute approximate surface area is 108 Å². The van der Waals surface area contributed by atoms with Crippen molar-refractivity contribution in [1.29, 1.82) is 0 Å². The lowest BCUT2D eigenvalue weighted by Crippen LogP contribution is -2.34. The number of rotatable bonds is 5. The molecule has 0 bridgehead atoms. The lowest BCUT2D eigenvalue weighted by atomic mass is 10.1. The van der Waals surface area contributed by atoms with Gasteiger partial charge in [-0.2, -0.15) is 0 Å². The normalized spacial score (nSPS) is 15.4. The Morgan fingerprint density at radius 2 is 1.94 bits per heavy atom. The third-order valence-corrected chi connectivity index (χ3v) is 3.89. The number of hydrogen-bond donors (Lipinski definition) is 1. The van der Waals surface area contributed by atoms with Gasteiger partial charge in [0.05, 0.1) is 5.75 Å². The van der Waals surface area contributed by atoms with Crippen LogP contribution >= 0.6 is 0 Å². The van der Waals surface area contributed by atoms with Gasteiger partial charge in [-0.3, -0.25) is 0 Å². The summed E-state index contributed by atoms with van der Waals surface area (Å²) in [5, 5.41) is 3.15. The van der Waals surface area contributed by atoms with Crippen LogP contribution in [0, 0.1) is 12.7 Å². The molecule has 0 aliphatic rings. The summed E-state index contributed by atoms with van der Waals surface area (Å²) in [6.07, 6.45) is 1.21. The Hall–Kier alpha value is -0.940. The zero-order valence-corrected chi connectivity index (χ0v) is 12.0. The smallest absolute Gasteiger partial charge is 0.148 e. The fourth-order valence-electron chi connectivity index (χ4n) is 1.90. The average Bonchev–Trinajstić information content (AvgIpc) is 2.18. The lowest BCUT2D eigenvalue weighted by Gasteiger charge is -2.20. The minimum absolute atomic E-state index is 0.0751. The maximum Gasteiger partial charge on any atom is 0.148 e. The van der Waals surface area contributed by atoms with Crippen molar-refractivity contribution >= 4 is 9.84 Å². The molecule has 3 nitrogen and oxygen atoms in total. The van der Waals surface area contributed by atoms with Crippen LogP contribution in [0.15, 0.2) is 18.2 Å². The largest absolute Gasteiger partial charge is 0.307 e. The topological polar surface area (TPSA) is 46.2 Å². The van der Waals surface area contributed by atoms with Crippen LogP contribution in [0.2, 0.25) is 0 Å². The fourth-order valence-corrected chi connectivity index (χ4v) is 2.91. The highest BCUT2D eigenvalue weighted by Crippen LogP contribution is 2.16. The molecule has 0 aromatic heterocycles. The SMILES string of the molecule is Cc1ccc(C(C)NC(C)CS(C)(=O)=O)cc1F. The standard InChI is InChI=1S/C13H20FNO2S/c1-9-5-6-12(7-13(9)14)11(3)15-10(2)8-18(4,16)17/h5-7,10-11,15H,8H2,1-4H3. The second-order valence-corrected chi connectivity index (χ2v) is 7.08. The summed E-state index contributed by atoms with van der Waals surface area (Å²) in [5.41, 5.74) is 1.42. The van der Waals surface area contributed by atoms with Gasteiger partial charge in [-0.1, -0.05) is 12.1 Å². The molecule has 102 valence electrons. The molecule has 0 spiro atoms. The average molecular weight is 273 g/mol. The van der Waals surface area contributed by atoms with Gasteiger partial charge in [0.25, 0.3) is 0 Å². The molecule has 0 saturated carbocycles. The van der Waals surface area contributed by atoms with E-state index >= 15 is 0 Å². The lowest BCUT2D eigenvalue weighted by molar-refractivity contribution is 0.497. The number of halogens is 1. The fraction of sp³-hybridized carbons (Fsp3) is 0.538. The van der Waals surface area contributed by atoms with Crippen molar-refractivity contribution in [3.8, 4) is 0 Å². The zero-order valence-electron chi connectivity index (χ0n) is 11.2. The quantitative estimate of drug-likeness (QED) is 0.894. The van der Waals surface area contributed by atoms with Crippen LogP contribution in [0.5, 0.6) is 0 Å². The van der Waals surface area contributed by atoms with Gasteiger partial charge in [0, 0.05) is 18.3 Å². The molecule has 0 fully saturated rings.